The van der Waals surface area contributed by atoms with E-state index in [4.69, 9.17) is 9.47 Å². The number of esters is 2. The van der Waals surface area contributed by atoms with Gasteiger partial charge in [0.05, 0.1) is 22.2 Å². The lowest BCUT2D eigenvalue weighted by Crippen LogP contribution is -2.15. The van der Waals surface area contributed by atoms with Gasteiger partial charge < -0.3 is 9.47 Å². The first-order valence-corrected chi connectivity index (χ1v) is 13.8. The number of rotatable bonds is 5. The molecule has 0 amide bonds. The topological polar surface area (TPSA) is 78.4 Å². The van der Waals surface area contributed by atoms with Crippen LogP contribution in [0.15, 0.2) is 118 Å². The fourth-order valence-electron chi connectivity index (χ4n) is 4.45. The van der Waals surface area contributed by atoms with Crippen molar-refractivity contribution in [1.82, 2.24) is 9.97 Å². The molecule has 6 rings (SSSR count). The molecule has 0 saturated carbocycles. The number of hydrogen-bond donors (Lipinski definition) is 0. The second-order valence-corrected chi connectivity index (χ2v) is 10.6. The number of aromatic nitrogens is 2. The van der Waals surface area contributed by atoms with Crippen LogP contribution in [-0.2, 0) is 0 Å². The zero-order valence-electron chi connectivity index (χ0n) is 20.7. The number of para-hydroxylation sites is 2. The van der Waals surface area contributed by atoms with Gasteiger partial charge in [0.2, 0.25) is 0 Å². The number of ether oxygens (including phenoxy) is 2. The van der Waals surface area contributed by atoms with E-state index >= 15 is 0 Å². The third kappa shape index (κ3) is 5.11. The number of benzene rings is 4. The van der Waals surface area contributed by atoms with Gasteiger partial charge in [0.25, 0.3) is 0 Å². The summed E-state index contributed by atoms with van der Waals surface area (Å²) in [6.07, 6.45) is 3.14. The van der Waals surface area contributed by atoms with E-state index in [1.807, 2.05) is 36.4 Å². The van der Waals surface area contributed by atoms with Crippen molar-refractivity contribution in [2.24, 2.45) is 0 Å². The summed E-state index contributed by atoms with van der Waals surface area (Å²) in [5.41, 5.74) is 2.57. The fourth-order valence-corrected chi connectivity index (χ4v) is 4.98. The average Bonchev–Trinajstić information content (AvgIpc) is 2.98. The van der Waals surface area contributed by atoms with Crippen molar-refractivity contribution in [2.45, 2.75) is 0 Å². The highest BCUT2D eigenvalue weighted by Gasteiger charge is 2.26. The highest BCUT2D eigenvalue weighted by molar-refractivity contribution is 9.10. The van der Waals surface area contributed by atoms with E-state index in [1.165, 1.54) is 0 Å². The number of carbonyl (C=O) groups excluding carboxylic acids is 2. The maximum atomic E-state index is 13.8. The maximum Gasteiger partial charge on any atom is 0.344 e. The standard InChI is InChI=1S/C32H18Br2N2O4/c33-19-9-13-21(14-10-19)39-31(37)29-23-5-1-3-7-27(23)35-17-25(29)26-18-36-28-8-4-2-6-24(28)30(26)32(38)40-22-15-11-20(34)12-16-22/h1-18H. The summed E-state index contributed by atoms with van der Waals surface area (Å²) in [6, 6.07) is 28.5. The summed E-state index contributed by atoms with van der Waals surface area (Å²) in [6.45, 7) is 0. The monoisotopic (exact) mass is 652 g/mol. The van der Waals surface area contributed by atoms with Crippen LogP contribution in [0.5, 0.6) is 11.5 Å². The molecule has 0 fully saturated rings. The number of carbonyl (C=O) groups is 2. The Morgan fingerprint density at radius 3 is 1.30 bits per heavy atom. The molecule has 8 heteroatoms. The van der Waals surface area contributed by atoms with Crippen molar-refractivity contribution in [3.8, 4) is 22.6 Å². The highest BCUT2D eigenvalue weighted by Crippen LogP contribution is 2.35. The van der Waals surface area contributed by atoms with Gasteiger partial charge in [0.15, 0.2) is 0 Å². The highest BCUT2D eigenvalue weighted by atomic mass is 79.9. The van der Waals surface area contributed by atoms with Crippen LogP contribution in [0.3, 0.4) is 0 Å². The number of hydrogen-bond acceptors (Lipinski definition) is 6. The Morgan fingerprint density at radius 2 is 0.900 bits per heavy atom. The van der Waals surface area contributed by atoms with Gasteiger partial charge in [0, 0.05) is 43.2 Å². The Balaban J connectivity index is 1.55. The van der Waals surface area contributed by atoms with Crippen molar-refractivity contribution in [1.29, 1.82) is 0 Å². The molecule has 194 valence electrons. The molecule has 4 aromatic carbocycles. The second kappa shape index (κ2) is 11.0. The zero-order chi connectivity index (χ0) is 27.6. The van der Waals surface area contributed by atoms with Gasteiger partial charge in [0.1, 0.15) is 11.5 Å². The van der Waals surface area contributed by atoms with Crippen LogP contribution in [-0.4, -0.2) is 21.9 Å². The van der Waals surface area contributed by atoms with Gasteiger partial charge in [-0.1, -0.05) is 68.3 Å². The quantitative estimate of drug-likeness (QED) is 0.137. The smallest absolute Gasteiger partial charge is 0.344 e. The summed E-state index contributed by atoms with van der Waals surface area (Å²) in [5.74, 6) is -0.411. The van der Waals surface area contributed by atoms with Crippen LogP contribution in [0, 0.1) is 0 Å². The Morgan fingerprint density at radius 1 is 0.525 bits per heavy atom. The first kappa shape index (κ1) is 25.9. The molecule has 0 aliphatic rings. The Kier molecular flexibility index (Phi) is 7.11. The van der Waals surface area contributed by atoms with E-state index < -0.39 is 11.9 Å². The van der Waals surface area contributed by atoms with Gasteiger partial charge in [-0.15, -0.1) is 0 Å². The molecule has 6 nitrogen and oxygen atoms in total. The first-order valence-electron chi connectivity index (χ1n) is 12.2. The molecule has 0 N–H and O–H groups in total. The van der Waals surface area contributed by atoms with E-state index in [2.05, 4.69) is 41.8 Å². The van der Waals surface area contributed by atoms with Gasteiger partial charge in [-0.3, -0.25) is 9.97 Å². The SMILES string of the molecule is O=C(Oc1ccc(Br)cc1)c1c(-c2cnc3ccccc3c2C(=O)Oc2ccc(Br)cc2)cnc2ccccc12. The number of fused-ring (bicyclic) bond motifs is 2. The molecular weight excluding hydrogens is 636 g/mol. The van der Waals surface area contributed by atoms with Crippen LogP contribution >= 0.6 is 31.9 Å². The Hall–Kier alpha value is -4.40. The number of nitrogens with zero attached hydrogens (tertiary/aromatic N) is 2. The van der Waals surface area contributed by atoms with Crippen LogP contribution in [0.1, 0.15) is 20.7 Å². The molecule has 2 aromatic heterocycles. The van der Waals surface area contributed by atoms with Crippen LogP contribution < -0.4 is 9.47 Å². The Labute approximate surface area is 245 Å². The van der Waals surface area contributed by atoms with E-state index in [0.717, 1.165) is 8.95 Å². The minimum atomic E-state index is -0.587. The van der Waals surface area contributed by atoms with Crippen molar-refractivity contribution in [2.75, 3.05) is 0 Å². The van der Waals surface area contributed by atoms with E-state index in [0.29, 0.717) is 44.4 Å². The number of halogens is 2. The summed E-state index contributed by atoms with van der Waals surface area (Å²) in [7, 11) is 0. The zero-order valence-corrected chi connectivity index (χ0v) is 23.8. The van der Waals surface area contributed by atoms with Crippen molar-refractivity contribution in [3.05, 3.63) is 130 Å². The molecule has 0 bridgehead atoms. The minimum Gasteiger partial charge on any atom is -0.423 e. The van der Waals surface area contributed by atoms with Gasteiger partial charge in [-0.2, -0.15) is 0 Å². The molecule has 6 aromatic rings. The molecule has 0 spiro atoms. The summed E-state index contributed by atoms with van der Waals surface area (Å²) >= 11 is 6.80. The second-order valence-electron chi connectivity index (χ2n) is 8.81. The van der Waals surface area contributed by atoms with Crippen LogP contribution in [0.2, 0.25) is 0 Å². The largest absolute Gasteiger partial charge is 0.423 e. The minimum absolute atomic E-state index is 0.267. The van der Waals surface area contributed by atoms with E-state index in [-0.39, 0.29) is 11.1 Å². The Bertz CT molecular complexity index is 1770. The predicted octanol–water partition coefficient (Wildman–Crippen LogP) is 8.41. The summed E-state index contributed by atoms with van der Waals surface area (Å²) in [4.78, 5) is 36.7. The molecule has 40 heavy (non-hydrogen) atoms. The lowest BCUT2D eigenvalue weighted by molar-refractivity contribution is 0.0725. The van der Waals surface area contributed by atoms with Gasteiger partial charge in [-0.05, 0) is 60.7 Å². The van der Waals surface area contributed by atoms with Gasteiger partial charge >= 0.3 is 11.9 Å². The van der Waals surface area contributed by atoms with Gasteiger partial charge in [-0.25, -0.2) is 9.59 Å². The lowest BCUT2D eigenvalue weighted by atomic mass is 9.93. The van der Waals surface area contributed by atoms with E-state index in [9.17, 15) is 9.59 Å². The van der Waals surface area contributed by atoms with Crippen LogP contribution in [0.4, 0.5) is 0 Å². The van der Waals surface area contributed by atoms with Crippen molar-refractivity contribution >= 4 is 65.6 Å². The van der Waals surface area contributed by atoms with Crippen LogP contribution in [0.25, 0.3) is 32.9 Å². The van der Waals surface area contributed by atoms with Crippen molar-refractivity contribution < 1.29 is 19.1 Å². The molecule has 2 heterocycles. The average molecular weight is 654 g/mol. The predicted molar refractivity (Wildman–Crippen MR) is 161 cm³/mol. The number of pyridine rings is 2. The maximum absolute atomic E-state index is 13.8. The summed E-state index contributed by atoms with van der Waals surface area (Å²) < 4.78 is 13.3. The third-order valence-corrected chi connectivity index (χ3v) is 7.36. The molecule has 0 atom stereocenters. The molecule has 0 unspecified atom stereocenters. The van der Waals surface area contributed by atoms with E-state index in [1.54, 1.807) is 73.1 Å². The fraction of sp³-hybridized carbons (Fsp3) is 0. The molecule has 0 aliphatic carbocycles. The normalized spacial score (nSPS) is 10.9. The first-order chi connectivity index (χ1) is 19.5. The molecule has 0 aliphatic heterocycles. The third-order valence-electron chi connectivity index (χ3n) is 6.30. The molecule has 0 saturated heterocycles. The summed E-state index contributed by atoms with van der Waals surface area (Å²) in [5, 5.41) is 1.17. The van der Waals surface area contributed by atoms with Crippen molar-refractivity contribution in [3.63, 3.8) is 0 Å². The lowest BCUT2D eigenvalue weighted by Gasteiger charge is -2.16. The molecular formula is C32H18Br2N2O4. The molecule has 0 radical (unpaired) electrons.